The number of aryl methyl sites for hydroxylation is 1. The lowest BCUT2D eigenvalue weighted by Crippen LogP contribution is -2.47. The number of hydrogen-bond donors (Lipinski definition) is 1. The zero-order valence-corrected chi connectivity index (χ0v) is 13.0. The van der Waals surface area contributed by atoms with E-state index in [9.17, 15) is 13.9 Å². The third-order valence-corrected chi connectivity index (χ3v) is 4.19. The Kier molecular flexibility index (Phi) is 4.58. The van der Waals surface area contributed by atoms with Gasteiger partial charge < -0.3 is 10.0 Å². The van der Waals surface area contributed by atoms with Crippen LogP contribution in [0.3, 0.4) is 0 Å². The lowest BCUT2D eigenvalue weighted by molar-refractivity contribution is 0.103. The number of hydrogen-bond acceptors (Lipinski definition) is 4. The number of anilines is 1. The minimum absolute atomic E-state index is 0.221. The van der Waals surface area contributed by atoms with Gasteiger partial charge in [0.05, 0.1) is 23.6 Å². The maximum Gasteiger partial charge on any atom is 0.131 e. The molecule has 5 nitrogen and oxygen atoms in total. The Bertz CT molecular complexity index is 648. The SMILES string of the molecule is Cn1cc(N2CCN(CC(O)c3c(F)cccc3F)CC2)cn1. The summed E-state index contributed by atoms with van der Waals surface area (Å²) < 4.78 is 29.2. The van der Waals surface area contributed by atoms with E-state index in [1.54, 1.807) is 4.68 Å². The molecule has 1 unspecified atom stereocenters. The van der Waals surface area contributed by atoms with E-state index in [1.165, 1.54) is 18.2 Å². The molecule has 0 amide bonds. The number of benzene rings is 1. The summed E-state index contributed by atoms with van der Waals surface area (Å²) in [6.45, 7) is 3.25. The van der Waals surface area contributed by atoms with E-state index in [2.05, 4.69) is 10.00 Å². The largest absolute Gasteiger partial charge is 0.387 e. The third kappa shape index (κ3) is 3.51. The average Bonchev–Trinajstić information content (AvgIpc) is 2.94. The molecule has 1 aromatic carbocycles. The molecule has 1 aliphatic rings. The lowest BCUT2D eigenvalue weighted by atomic mass is 10.1. The minimum atomic E-state index is -1.17. The topological polar surface area (TPSA) is 44.5 Å². The van der Waals surface area contributed by atoms with Gasteiger partial charge in [-0.3, -0.25) is 9.58 Å². The first-order valence-electron chi connectivity index (χ1n) is 7.62. The number of piperazine rings is 1. The molecule has 1 atom stereocenters. The van der Waals surface area contributed by atoms with Gasteiger partial charge in [0.25, 0.3) is 0 Å². The molecule has 0 saturated carbocycles. The highest BCUT2D eigenvalue weighted by Gasteiger charge is 2.24. The molecule has 0 spiro atoms. The van der Waals surface area contributed by atoms with Crippen LogP contribution in [0.5, 0.6) is 0 Å². The van der Waals surface area contributed by atoms with Crippen LogP contribution in [-0.4, -0.2) is 52.5 Å². The van der Waals surface area contributed by atoms with E-state index in [1.807, 2.05) is 24.3 Å². The van der Waals surface area contributed by atoms with Crippen molar-refractivity contribution < 1.29 is 13.9 Å². The molecule has 0 radical (unpaired) electrons. The number of halogens is 2. The lowest BCUT2D eigenvalue weighted by Gasteiger charge is -2.36. The van der Waals surface area contributed by atoms with Crippen molar-refractivity contribution in [2.24, 2.45) is 7.05 Å². The number of aliphatic hydroxyl groups excluding tert-OH is 1. The molecular weight excluding hydrogens is 302 g/mol. The Labute approximate surface area is 133 Å². The Balaban J connectivity index is 1.58. The summed E-state index contributed by atoms with van der Waals surface area (Å²) in [5.74, 6) is -1.40. The Morgan fingerprint density at radius 3 is 2.39 bits per heavy atom. The molecule has 0 bridgehead atoms. The van der Waals surface area contributed by atoms with Crippen LogP contribution in [0, 0.1) is 11.6 Å². The van der Waals surface area contributed by atoms with Crippen LogP contribution in [-0.2, 0) is 7.05 Å². The quantitative estimate of drug-likeness (QED) is 0.928. The summed E-state index contributed by atoms with van der Waals surface area (Å²) >= 11 is 0. The summed E-state index contributed by atoms with van der Waals surface area (Å²) in [7, 11) is 1.87. The minimum Gasteiger partial charge on any atom is -0.387 e. The second-order valence-corrected chi connectivity index (χ2v) is 5.81. The number of β-amino-alcohol motifs (C(OH)–C–C–N with tert-alkyl or cyclic N) is 1. The van der Waals surface area contributed by atoms with Crippen molar-refractivity contribution >= 4 is 5.69 Å². The Hall–Kier alpha value is -1.99. The summed E-state index contributed by atoms with van der Waals surface area (Å²) in [4.78, 5) is 4.23. The molecule has 3 rings (SSSR count). The maximum absolute atomic E-state index is 13.7. The van der Waals surface area contributed by atoms with E-state index in [0.717, 1.165) is 31.9 Å². The van der Waals surface area contributed by atoms with E-state index < -0.39 is 17.7 Å². The molecule has 1 N–H and O–H groups in total. The van der Waals surface area contributed by atoms with Gasteiger partial charge in [-0.25, -0.2) is 8.78 Å². The standard InChI is InChI=1S/C16H20F2N4O/c1-20-10-12(9-19-20)22-7-5-21(6-8-22)11-15(23)16-13(17)3-2-4-14(16)18/h2-4,9-10,15,23H,5-8,11H2,1H3. The van der Waals surface area contributed by atoms with Crippen molar-refractivity contribution in [3.8, 4) is 0 Å². The molecule has 1 aromatic heterocycles. The van der Waals surface area contributed by atoms with Gasteiger partial charge in [0.2, 0.25) is 0 Å². The predicted molar refractivity (Wildman–Crippen MR) is 83.2 cm³/mol. The van der Waals surface area contributed by atoms with E-state index in [0.29, 0.717) is 0 Å². The average molecular weight is 322 g/mol. The molecular formula is C16H20F2N4O. The molecule has 2 aromatic rings. The summed E-state index contributed by atoms with van der Waals surface area (Å²) in [6.07, 6.45) is 2.61. The normalized spacial score (nSPS) is 17.5. The van der Waals surface area contributed by atoms with E-state index >= 15 is 0 Å². The van der Waals surface area contributed by atoms with Crippen molar-refractivity contribution in [3.05, 3.63) is 47.8 Å². The highest BCUT2D eigenvalue weighted by atomic mass is 19.1. The first kappa shape index (κ1) is 15.9. The zero-order chi connectivity index (χ0) is 16.4. The van der Waals surface area contributed by atoms with Gasteiger partial charge in [-0.15, -0.1) is 0 Å². The van der Waals surface area contributed by atoms with Gasteiger partial charge in [-0.05, 0) is 12.1 Å². The Morgan fingerprint density at radius 2 is 1.83 bits per heavy atom. The van der Waals surface area contributed by atoms with Crippen LogP contribution in [0.1, 0.15) is 11.7 Å². The first-order valence-corrected chi connectivity index (χ1v) is 7.62. The maximum atomic E-state index is 13.7. The van der Waals surface area contributed by atoms with E-state index in [-0.39, 0.29) is 12.1 Å². The van der Waals surface area contributed by atoms with Gasteiger partial charge >= 0.3 is 0 Å². The molecule has 124 valence electrons. The summed E-state index contributed by atoms with van der Waals surface area (Å²) in [6, 6.07) is 3.64. The number of aromatic nitrogens is 2. The zero-order valence-electron chi connectivity index (χ0n) is 13.0. The van der Waals surface area contributed by atoms with Gasteiger partial charge in [-0.1, -0.05) is 6.07 Å². The van der Waals surface area contributed by atoms with Gasteiger partial charge in [0.15, 0.2) is 0 Å². The Morgan fingerprint density at radius 1 is 1.17 bits per heavy atom. The fraction of sp³-hybridized carbons (Fsp3) is 0.438. The molecule has 0 aliphatic carbocycles. The van der Waals surface area contributed by atoms with Crippen molar-refractivity contribution in [3.63, 3.8) is 0 Å². The van der Waals surface area contributed by atoms with Crippen LogP contribution in [0.2, 0.25) is 0 Å². The number of aliphatic hydroxyl groups is 1. The molecule has 7 heteroatoms. The van der Waals surface area contributed by atoms with Crippen LogP contribution in [0.4, 0.5) is 14.5 Å². The molecule has 2 heterocycles. The summed E-state index contributed by atoms with van der Waals surface area (Å²) in [5, 5.41) is 14.3. The predicted octanol–water partition coefficient (Wildman–Crippen LogP) is 1.55. The van der Waals surface area contributed by atoms with Crippen molar-refractivity contribution in [2.45, 2.75) is 6.10 Å². The first-order chi connectivity index (χ1) is 11.0. The monoisotopic (exact) mass is 322 g/mol. The van der Waals surface area contributed by atoms with Gasteiger partial charge in [0, 0.05) is 46.0 Å². The highest BCUT2D eigenvalue weighted by molar-refractivity contribution is 5.42. The summed E-state index contributed by atoms with van der Waals surface area (Å²) in [5.41, 5.74) is 0.815. The second-order valence-electron chi connectivity index (χ2n) is 5.81. The highest BCUT2D eigenvalue weighted by Crippen LogP contribution is 2.22. The van der Waals surface area contributed by atoms with Crippen LogP contribution in [0.15, 0.2) is 30.6 Å². The fourth-order valence-electron chi connectivity index (χ4n) is 2.93. The third-order valence-electron chi connectivity index (χ3n) is 4.19. The van der Waals surface area contributed by atoms with Crippen LogP contribution < -0.4 is 4.90 Å². The van der Waals surface area contributed by atoms with Crippen molar-refractivity contribution in [1.82, 2.24) is 14.7 Å². The molecule has 1 saturated heterocycles. The molecule has 1 aliphatic heterocycles. The fourth-order valence-corrected chi connectivity index (χ4v) is 2.93. The van der Waals surface area contributed by atoms with Crippen LogP contribution >= 0.6 is 0 Å². The van der Waals surface area contributed by atoms with Crippen molar-refractivity contribution in [1.29, 1.82) is 0 Å². The van der Waals surface area contributed by atoms with E-state index in [4.69, 9.17) is 0 Å². The second kappa shape index (κ2) is 6.64. The molecule has 23 heavy (non-hydrogen) atoms. The van der Waals surface area contributed by atoms with Gasteiger partial charge in [0.1, 0.15) is 11.6 Å². The van der Waals surface area contributed by atoms with Gasteiger partial charge in [-0.2, -0.15) is 5.10 Å². The number of nitrogens with zero attached hydrogens (tertiary/aromatic N) is 4. The van der Waals surface area contributed by atoms with Crippen molar-refractivity contribution in [2.75, 3.05) is 37.6 Å². The number of rotatable bonds is 4. The molecule has 1 fully saturated rings. The van der Waals surface area contributed by atoms with Crippen LogP contribution in [0.25, 0.3) is 0 Å². The smallest absolute Gasteiger partial charge is 0.131 e.